The van der Waals surface area contributed by atoms with Gasteiger partial charge in [0, 0.05) is 18.6 Å². The number of hydrogen-bond acceptors (Lipinski definition) is 3. The zero-order valence-electron chi connectivity index (χ0n) is 5.60. The summed E-state index contributed by atoms with van der Waals surface area (Å²) >= 11 is 0. The summed E-state index contributed by atoms with van der Waals surface area (Å²) in [5, 5.41) is 8.49. The summed E-state index contributed by atoms with van der Waals surface area (Å²) in [7, 11) is 0. The number of aromatic nitrogens is 3. The second-order valence-electron chi connectivity index (χ2n) is 2.06. The van der Waals surface area contributed by atoms with Crippen LogP contribution in [0.4, 0.5) is 0 Å². The van der Waals surface area contributed by atoms with Gasteiger partial charge in [0.25, 0.3) is 0 Å². The number of rotatable bonds is 0. The minimum atomic E-state index is 0.392. The Bertz CT molecular complexity index is 423. The van der Waals surface area contributed by atoms with E-state index in [1.807, 2.05) is 6.07 Å². The number of nitriles is 1. The molecule has 0 spiro atoms. The van der Waals surface area contributed by atoms with Crippen LogP contribution in [-0.4, -0.2) is 14.4 Å². The Balaban J connectivity index is 2.79. The van der Waals surface area contributed by atoms with Gasteiger partial charge in [-0.1, -0.05) is 0 Å². The molecule has 2 heterocycles. The number of fused-ring (bicyclic) bond motifs is 1. The Kier molecular flexibility index (Phi) is 1.10. The summed E-state index contributed by atoms with van der Waals surface area (Å²) in [6, 6.07) is 3.59. The van der Waals surface area contributed by atoms with E-state index in [0.29, 0.717) is 11.5 Å². The van der Waals surface area contributed by atoms with E-state index in [0.717, 1.165) is 0 Å². The Morgan fingerprint density at radius 3 is 3.18 bits per heavy atom. The molecule has 0 saturated heterocycles. The molecule has 4 nitrogen and oxygen atoms in total. The molecule has 2 aromatic heterocycles. The normalized spacial score (nSPS) is 9.73. The minimum Gasteiger partial charge on any atom is -0.291 e. The van der Waals surface area contributed by atoms with Gasteiger partial charge < -0.3 is 0 Å². The molecule has 0 aliphatic heterocycles. The topological polar surface area (TPSA) is 54.0 Å². The van der Waals surface area contributed by atoms with E-state index >= 15 is 0 Å². The first-order chi connectivity index (χ1) is 5.40. The van der Waals surface area contributed by atoms with Crippen molar-refractivity contribution in [2.24, 2.45) is 0 Å². The molecule has 0 aliphatic carbocycles. The Hall–Kier alpha value is -1.89. The molecule has 11 heavy (non-hydrogen) atoms. The third kappa shape index (κ3) is 0.829. The Morgan fingerprint density at radius 1 is 1.45 bits per heavy atom. The van der Waals surface area contributed by atoms with Crippen LogP contribution in [0, 0.1) is 11.3 Å². The smallest absolute Gasteiger partial charge is 0.234 e. The second kappa shape index (κ2) is 2.06. The first-order valence-corrected chi connectivity index (χ1v) is 3.10. The fraction of sp³-hybridized carbons (Fsp3) is 0. The van der Waals surface area contributed by atoms with Crippen molar-refractivity contribution in [1.29, 1.82) is 5.26 Å². The zero-order chi connectivity index (χ0) is 7.68. The van der Waals surface area contributed by atoms with Crippen LogP contribution in [0.1, 0.15) is 5.69 Å². The van der Waals surface area contributed by atoms with E-state index in [1.165, 1.54) is 0 Å². The van der Waals surface area contributed by atoms with Crippen molar-refractivity contribution in [3.63, 3.8) is 0 Å². The van der Waals surface area contributed by atoms with Gasteiger partial charge in [-0.15, -0.1) is 0 Å². The lowest BCUT2D eigenvalue weighted by Crippen LogP contribution is -1.89. The van der Waals surface area contributed by atoms with Crippen LogP contribution < -0.4 is 0 Å². The highest BCUT2D eigenvalue weighted by Crippen LogP contribution is 1.97. The average Bonchev–Trinajstić information content (AvgIpc) is 2.50. The third-order valence-electron chi connectivity index (χ3n) is 1.38. The standard InChI is InChI=1S/C7H4N4/c8-5-6-1-3-11-4-2-9-7(11)10-6/h1-4H. The van der Waals surface area contributed by atoms with Gasteiger partial charge in [-0.3, -0.25) is 4.40 Å². The zero-order valence-corrected chi connectivity index (χ0v) is 5.60. The van der Waals surface area contributed by atoms with Gasteiger partial charge in [0.2, 0.25) is 5.78 Å². The molecule has 0 N–H and O–H groups in total. The van der Waals surface area contributed by atoms with Gasteiger partial charge in [0.1, 0.15) is 11.8 Å². The SMILES string of the molecule is N#Cc1ccn2ccnc2n1. The molecule has 2 rings (SSSR count). The van der Waals surface area contributed by atoms with E-state index < -0.39 is 0 Å². The van der Waals surface area contributed by atoms with Crippen LogP contribution in [0.15, 0.2) is 24.7 Å². The number of nitrogens with zero attached hydrogens (tertiary/aromatic N) is 4. The minimum absolute atomic E-state index is 0.392. The van der Waals surface area contributed by atoms with Crippen molar-refractivity contribution in [1.82, 2.24) is 14.4 Å². The van der Waals surface area contributed by atoms with Crippen LogP contribution >= 0.6 is 0 Å². The number of hydrogen-bond donors (Lipinski definition) is 0. The molecule has 0 bridgehead atoms. The molecule has 0 aromatic carbocycles. The molecule has 4 heteroatoms. The van der Waals surface area contributed by atoms with Gasteiger partial charge in [-0.25, -0.2) is 9.97 Å². The summed E-state index contributed by atoms with van der Waals surface area (Å²) in [4.78, 5) is 7.87. The third-order valence-corrected chi connectivity index (χ3v) is 1.38. The number of imidazole rings is 1. The lowest BCUT2D eigenvalue weighted by Gasteiger charge is -1.89. The van der Waals surface area contributed by atoms with Crippen LogP contribution in [0.3, 0.4) is 0 Å². The quantitative estimate of drug-likeness (QED) is 0.544. The molecule has 0 atom stereocenters. The van der Waals surface area contributed by atoms with Crippen molar-refractivity contribution in [2.75, 3.05) is 0 Å². The summed E-state index contributed by atoms with van der Waals surface area (Å²) in [5.74, 6) is 0.559. The first-order valence-electron chi connectivity index (χ1n) is 3.10. The van der Waals surface area contributed by atoms with E-state index in [9.17, 15) is 0 Å². The molecule has 2 aromatic rings. The molecule has 0 radical (unpaired) electrons. The predicted octanol–water partition coefficient (Wildman–Crippen LogP) is 0.601. The van der Waals surface area contributed by atoms with E-state index in [1.54, 1.807) is 29.1 Å². The van der Waals surface area contributed by atoms with Crippen LogP contribution in [0.5, 0.6) is 0 Å². The maximum atomic E-state index is 8.49. The largest absolute Gasteiger partial charge is 0.291 e. The highest BCUT2D eigenvalue weighted by Gasteiger charge is 1.95. The molecular weight excluding hydrogens is 140 g/mol. The van der Waals surface area contributed by atoms with Gasteiger partial charge in [0.15, 0.2) is 0 Å². The highest BCUT2D eigenvalue weighted by molar-refractivity contribution is 5.32. The van der Waals surface area contributed by atoms with E-state index in [-0.39, 0.29) is 0 Å². The highest BCUT2D eigenvalue weighted by atomic mass is 15.1. The Labute approximate surface area is 62.7 Å². The van der Waals surface area contributed by atoms with Crippen molar-refractivity contribution in [3.05, 3.63) is 30.4 Å². The molecule has 52 valence electrons. The summed E-state index contributed by atoms with van der Waals surface area (Å²) < 4.78 is 1.75. The maximum absolute atomic E-state index is 8.49. The molecule has 0 unspecified atom stereocenters. The fourth-order valence-corrected chi connectivity index (χ4v) is 0.866. The van der Waals surface area contributed by atoms with Crippen LogP contribution in [0.25, 0.3) is 5.78 Å². The van der Waals surface area contributed by atoms with Crippen molar-refractivity contribution in [2.45, 2.75) is 0 Å². The average molecular weight is 144 g/mol. The monoisotopic (exact) mass is 144 g/mol. The van der Waals surface area contributed by atoms with Crippen molar-refractivity contribution in [3.8, 4) is 6.07 Å². The van der Waals surface area contributed by atoms with Gasteiger partial charge in [-0.05, 0) is 6.07 Å². The van der Waals surface area contributed by atoms with E-state index in [4.69, 9.17) is 5.26 Å². The Morgan fingerprint density at radius 2 is 2.36 bits per heavy atom. The summed E-state index contributed by atoms with van der Waals surface area (Å²) in [6.45, 7) is 0. The predicted molar refractivity (Wildman–Crippen MR) is 37.7 cm³/mol. The van der Waals surface area contributed by atoms with Gasteiger partial charge in [0.05, 0.1) is 0 Å². The maximum Gasteiger partial charge on any atom is 0.234 e. The molecule has 0 fully saturated rings. The lowest BCUT2D eigenvalue weighted by atomic mass is 10.4. The van der Waals surface area contributed by atoms with Crippen LogP contribution in [0.2, 0.25) is 0 Å². The van der Waals surface area contributed by atoms with Gasteiger partial charge in [-0.2, -0.15) is 5.26 Å². The fourth-order valence-electron chi connectivity index (χ4n) is 0.866. The molecular formula is C7H4N4. The lowest BCUT2D eigenvalue weighted by molar-refractivity contribution is 1.09. The van der Waals surface area contributed by atoms with Gasteiger partial charge >= 0.3 is 0 Å². The molecule has 0 amide bonds. The summed E-state index contributed by atoms with van der Waals surface area (Å²) in [6.07, 6.45) is 5.18. The second-order valence-corrected chi connectivity index (χ2v) is 2.06. The summed E-state index contributed by atoms with van der Waals surface area (Å²) in [5.41, 5.74) is 0.392. The first kappa shape index (κ1) is 5.86. The van der Waals surface area contributed by atoms with E-state index in [2.05, 4.69) is 9.97 Å². The van der Waals surface area contributed by atoms with Crippen LogP contribution in [-0.2, 0) is 0 Å². The van der Waals surface area contributed by atoms with Crippen molar-refractivity contribution >= 4 is 5.78 Å². The molecule has 0 aliphatic rings. The molecule has 0 saturated carbocycles. The van der Waals surface area contributed by atoms with Crippen molar-refractivity contribution < 1.29 is 0 Å².